The molecule has 78 valence electrons. The number of halogens is 6. The summed E-state index contributed by atoms with van der Waals surface area (Å²) in [6, 6.07) is 0. The molecule has 1 atom stereocenters. The molecule has 1 amide bonds. The van der Waals surface area contributed by atoms with Gasteiger partial charge in [0.15, 0.2) is 6.67 Å². The maximum absolute atomic E-state index is 12.6. The van der Waals surface area contributed by atoms with Crippen molar-refractivity contribution in [3.8, 4) is 0 Å². The summed E-state index contributed by atoms with van der Waals surface area (Å²) < 4.78 is 59.6. The summed E-state index contributed by atoms with van der Waals surface area (Å²) in [4.78, 5) is 10.4. The van der Waals surface area contributed by atoms with Crippen molar-refractivity contribution in [3.05, 3.63) is 0 Å². The third kappa shape index (κ3) is 3.09. The van der Waals surface area contributed by atoms with E-state index < -0.39 is 29.9 Å². The molecule has 0 radical (unpaired) electrons. The fourth-order valence-corrected chi connectivity index (χ4v) is 0.575. The second kappa shape index (κ2) is 4.21. The van der Waals surface area contributed by atoms with Crippen LogP contribution in [0.1, 0.15) is 0 Å². The van der Waals surface area contributed by atoms with Crippen LogP contribution in [0.2, 0.25) is 0 Å². The van der Waals surface area contributed by atoms with E-state index in [2.05, 4.69) is 15.9 Å². The Bertz CT molecular complexity index is 196. The van der Waals surface area contributed by atoms with Gasteiger partial charge in [0.25, 0.3) is 0 Å². The Balaban J connectivity index is 4.56. The molecular formula is C5H5BrF5NO. The molecule has 1 N–H and O–H groups in total. The summed E-state index contributed by atoms with van der Waals surface area (Å²) >= 11 is 2.49. The highest BCUT2D eigenvalue weighted by Crippen LogP contribution is 2.32. The highest BCUT2D eigenvalue weighted by atomic mass is 79.9. The average molecular weight is 270 g/mol. The molecule has 0 saturated heterocycles. The zero-order valence-corrected chi connectivity index (χ0v) is 7.68. The third-order valence-corrected chi connectivity index (χ3v) is 1.60. The van der Waals surface area contributed by atoms with Crippen LogP contribution in [0.3, 0.4) is 0 Å². The van der Waals surface area contributed by atoms with Gasteiger partial charge in [-0.25, -0.2) is 8.78 Å². The lowest BCUT2D eigenvalue weighted by molar-refractivity contribution is -0.245. The van der Waals surface area contributed by atoms with Crippen LogP contribution < -0.4 is 5.32 Å². The number of rotatable bonds is 3. The quantitative estimate of drug-likeness (QED) is 0.472. The van der Waals surface area contributed by atoms with Crippen LogP contribution in [-0.2, 0) is 4.79 Å². The number of hydrogen-bond acceptors (Lipinski definition) is 1. The molecule has 0 aliphatic rings. The summed E-state index contributed by atoms with van der Waals surface area (Å²) in [6.45, 7) is -2.35. The van der Waals surface area contributed by atoms with Gasteiger partial charge in [-0.3, -0.25) is 4.79 Å². The highest BCUT2D eigenvalue weighted by Gasteiger charge is 2.57. The lowest BCUT2D eigenvalue weighted by Crippen LogP contribution is -2.57. The van der Waals surface area contributed by atoms with Gasteiger partial charge in [0.2, 0.25) is 5.91 Å². The second-order valence-corrected chi connectivity index (χ2v) is 2.68. The van der Waals surface area contributed by atoms with E-state index in [9.17, 15) is 26.7 Å². The minimum Gasteiger partial charge on any atom is -0.314 e. The molecule has 0 heterocycles. The van der Waals surface area contributed by atoms with E-state index in [1.807, 2.05) is 0 Å². The Labute approximate surface area is 78.6 Å². The van der Waals surface area contributed by atoms with E-state index in [-0.39, 0.29) is 0 Å². The minimum atomic E-state index is -5.46. The zero-order chi connectivity index (χ0) is 10.7. The first kappa shape index (κ1) is 12.6. The highest BCUT2D eigenvalue weighted by molar-refractivity contribution is 9.09. The van der Waals surface area contributed by atoms with Crippen LogP contribution in [0.25, 0.3) is 0 Å². The predicted molar refractivity (Wildman–Crippen MR) is 37.8 cm³/mol. The molecule has 0 saturated carbocycles. The van der Waals surface area contributed by atoms with E-state index in [1.54, 1.807) is 0 Å². The van der Waals surface area contributed by atoms with Gasteiger partial charge in [0.05, 0.1) is 5.33 Å². The first-order chi connectivity index (χ1) is 5.77. The number of amides is 1. The van der Waals surface area contributed by atoms with Gasteiger partial charge in [-0.05, 0) is 0 Å². The van der Waals surface area contributed by atoms with Crippen LogP contribution in [0.5, 0.6) is 0 Å². The van der Waals surface area contributed by atoms with Crippen LogP contribution in [-0.4, -0.2) is 29.9 Å². The van der Waals surface area contributed by atoms with Crippen LogP contribution in [0.15, 0.2) is 0 Å². The Hall–Kier alpha value is -0.400. The molecule has 13 heavy (non-hydrogen) atoms. The van der Waals surface area contributed by atoms with E-state index in [0.717, 1.165) is 5.32 Å². The van der Waals surface area contributed by atoms with Crippen molar-refractivity contribution in [1.29, 1.82) is 0 Å². The average Bonchev–Trinajstić information content (AvgIpc) is 2.02. The monoisotopic (exact) mass is 269 g/mol. The second-order valence-electron chi connectivity index (χ2n) is 2.11. The predicted octanol–water partition coefficient (Wildman–Crippen LogP) is 1.70. The van der Waals surface area contributed by atoms with Crippen molar-refractivity contribution in [3.63, 3.8) is 0 Å². The number of carbonyl (C=O) groups is 1. The largest absolute Gasteiger partial charge is 0.444 e. The fourth-order valence-electron chi connectivity index (χ4n) is 0.434. The molecular weight excluding hydrogens is 265 g/mol. The molecule has 0 fully saturated rings. The lowest BCUT2D eigenvalue weighted by atomic mass is 10.2. The molecule has 0 aromatic carbocycles. The summed E-state index contributed by atoms with van der Waals surface area (Å²) in [5.74, 6) is -5.57. The molecule has 0 aromatic heterocycles. The maximum atomic E-state index is 12.6. The zero-order valence-electron chi connectivity index (χ0n) is 6.09. The van der Waals surface area contributed by atoms with E-state index >= 15 is 0 Å². The van der Waals surface area contributed by atoms with Gasteiger partial charge in [-0.1, -0.05) is 15.9 Å². The fraction of sp³-hybridized carbons (Fsp3) is 0.800. The Morgan fingerprint density at radius 2 is 1.77 bits per heavy atom. The standard InChI is InChI=1S/C5H5BrF5NO/c6-1-3(13)12-4(8,2-7)5(9,10)11/h1-2H2,(H,12,13). The maximum Gasteiger partial charge on any atom is 0.444 e. The van der Waals surface area contributed by atoms with Crippen molar-refractivity contribution in [1.82, 2.24) is 5.32 Å². The van der Waals surface area contributed by atoms with Crippen molar-refractivity contribution in [2.24, 2.45) is 0 Å². The van der Waals surface area contributed by atoms with Crippen LogP contribution in [0, 0.1) is 0 Å². The van der Waals surface area contributed by atoms with Gasteiger partial charge >= 0.3 is 12.0 Å². The van der Waals surface area contributed by atoms with Gasteiger partial charge < -0.3 is 5.32 Å². The normalized spacial score (nSPS) is 16.5. The van der Waals surface area contributed by atoms with E-state index in [1.165, 1.54) is 0 Å². The third-order valence-electron chi connectivity index (χ3n) is 1.09. The van der Waals surface area contributed by atoms with Crippen molar-refractivity contribution >= 4 is 21.8 Å². The van der Waals surface area contributed by atoms with Crippen molar-refractivity contribution in [2.45, 2.75) is 12.0 Å². The molecule has 0 spiro atoms. The van der Waals surface area contributed by atoms with Crippen LogP contribution in [0.4, 0.5) is 22.0 Å². The Morgan fingerprint density at radius 3 is 2.00 bits per heavy atom. The van der Waals surface area contributed by atoms with Gasteiger partial charge in [0.1, 0.15) is 0 Å². The minimum absolute atomic E-state index is 0.533. The summed E-state index contributed by atoms with van der Waals surface area (Å²) in [5.41, 5.74) is 0. The van der Waals surface area contributed by atoms with Gasteiger partial charge in [-0.2, -0.15) is 13.2 Å². The molecule has 0 rings (SSSR count). The first-order valence-corrected chi connectivity index (χ1v) is 4.07. The summed E-state index contributed by atoms with van der Waals surface area (Å²) in [6.07, 6.45) is -5.46. The molecule has 0 aliphatic heterocycles. The molecule has 8 heteroatoms. The molecule has 2 nitrogen and oxygen atoms in total. The van der Waals surface area contributed by atoms with Crippen LogP contribution >= 0.6 is 15.9 Å². The molecule has 0 bridgehead atoms. The molecule has 1 unspecified atom stereocenters. The Morgan fingerprint density at radius 1 is 1.31 bits per heavy atom. The summed E-state index contributed by atoms with van der Waals surface area (Å²) in [7, 11) is 0. The Kier molecular flexibility index (Phi) is 4.08. The van der Waals surface area contributed by atoms with Gasteiger partial charge in [-0.15, -0.1) is 0 Å². The van der Waals surface area contributed by atoms with Crippen molar-refractivity contribution in [2.75, 3.05) is 12.0 Å². The summed E-state index contributed by atoms with van der Waals surface area (Å²) in [5, 5.41) is 0.347. The van der Waals surface area contributed by atoms with E-state index in [0.29, 0.717) is 0 Å². The molecule has 0 aliphatic carbocycles. The lowest BCUT2D eigenvalue weighted by Gasteiger charge is -2.25. The van der Waals surface area contributed by atoms with Gasteiger partial charge in [0, 0.05) is 0 Å². The topological polar surface area (TPSA) is 29.1 Å². The number of nitrogens with one attached hydrogen (secondary N) is 1. The smallest absolute Gasteiger partial charge is 0.314 e. The van der Waals surface area contributed by atoms with Crippen molar-refractivity contribution < 1.29 is 26.7 Å². The SMILES string of the molecule is O=C(CBr)NC(F)(CF)C(F)(F)F. The van der Waals surface area contributed by atoms with E-state index in [4.69, 9.17) is 0 Å². The number of hydrogen-bond donors (Lipinski definition) is 1. The first-order valence-electron chi connectivity index (χ1n) is 2.95. The number of carbonyl (C=O) groups excluding carboxylic acids is 1. The molecule has 0 aromatic rings. The number of alkyl halides is 6.